The van der Waals surface area contributed by atoms with Gasteiger partial charge in [0, 0.05) is 24.5 Å². The lowest BCUT2D eigenvalue weighted by Gasteiger charge is -2.24. The van der Waals surface area contributed by atoms with E-state index in [1.54, 1.807) is 12.3 Å². The zero-order valence-electron chi connectivity index (χ0n) is 18.1. The van der Waals surface area contributed by atoms with Crippen LogP contribution in [-0.2, 0) is 19.4 Å². The van der Waals surface area contributed by atoms with Gasteiger partial charge in [0.15, 0.2) is 0 Å². The number of nitrogens with one attached hydrogen (secondary N) is 2. The number of halogens is 2. The van der Waals surface area contributed by atoms with Crippen LogP contribution in [0.15, 0.2) is 47.8 Å². The lowest BCUT2D eigenvalue weighted by atomic mass is 10.00. The average molecular weight is 460 g/mol. The van der Waals surface area contributed by atoms with Crippen molar-refractivity contribution in [3.8, 4) is 0 Å². The molecule has 2 atom stereocenters. The van der Waals surface area contributed by atoms with Crippen LogP contribution < -0.4 is 10.6 Å². The Balaban J connectivity index is 1.68. The second-order valence-corrected chi connectivity index (χ2v) is 8.75. The molecule has 0 spiro atoms. The van der Waals surface area contributed by atoms with Gasteiger partial charge in [0.05, 0.1) is 17.2 Å². The predicted octanol–water partition coefficient (Wildman–Crippen LogP) is 3.78. The van der Waals surface area contributed by atoms with Crippen LogP contribution in [0.4, 0.5) is 8.78 Å². The van der Waals surface area contributed by atoms with Gasteiger partial charge in [-0.05, 0) is 48.6 Å². The number of carbonyl (C=O) groups is 1. The normalized spacial score (nSPS) is 13.0. The van der Waals surface area contributed by atoms with E-state index in [0.29, 0.717) is 12.1 Å². The van der Waals surface area contributed by atoms with E-state index in [4.69, 9.17) is 0 Å². The fourth-order valence-corrected chi connectivity index (χ4v) is 4.04. The molecule has 3 aromatic rings. The molecule has 0 aliphatic heterocycles. The SMILES string of the molecule is CCc1cccc(CNC[C@H](O)[C@H](Cc2cc(F)cc(F)c2)NC(=O)c2csc(C)n2)c1. The van der Waals surface area contributed by atoms with Gasteiger partial charge in [0.25, 0.3) is 5.91 Å². The first-order valence-electron chi connectivity index (χ1n) is 10.5. The summed E-state index contributed by atoms with van der Waals surface area (Å²) >= 11 is 1.34. The Kier molecular flexibility index (Phi) is 8.44. The first-order valence-corrected chi connectivity index (χ1v) is 11.4. The summed E-state index contributed by atoms with van der Waals surface area (Å²) in [6.07, 6.45) is 0.0158. The highest BCUT2D eigenvalue weighted by Gasteiger charge is 2.24. The average Bonchev–Trinajstić information content (AvgIpc) is 3.19. The van der Waals surface area contributed by atoms with E-state index in [9.17, 15) is 18.7 Å². The smallest absolute Gasteiger partial charge is 0.271 e. The van der Waals surface area contributed by atoms with Crippen molar-refractivity contribution in [2.75, 3.05) is 6.54 Å². The minimum Gasteiger partial charge on any atom is -0.390 e. The summed E-state index contributed by atoms with van der Waals surface area (Å²) in [7, 11) is 0. The summed E-state index contributed by atoms with van der Waals surface area (Å²) in [5, 5.41) is 19.2. The highest BCUT2D eigenvalue weighted by Crippen LogP contribution is 2.14. The molecule has 1 aromatic heterocycles. The molecule has 0 saturated heterocycles. The van der Waals surface area contributed by atoms with Crippen molar-refractivity contribution in [1.82, 2.24) is 15.6 Å². The number of aromatic nitrogens is 1. The number of aliphatic hydroxyl groups is 1. The molecule has 0 aliphatic carbocycles. The lowest BCUT2D eigenvalue weighted by molar-refractivity contribution is 0.0826. The van der Waals surface area contributed by atoms with Gasteiger partial charge in [0.2, 0.25) is 0 Å². The molecule has 5 nitrogen and oxygen atoms in total. The molecule has 170 valence electrons. The summed E-state index contributed by atoms with van der Waals surface area (Å²) in [5.74, 6) is -1.85. The second-order valence-electron chi connectivity index (χ2n) is 7.69. The summed E-state index contributed by atoms with van der Waals surface area (Å²) in [6.45, 7) is 4.62. The minimum absolute atomic E-state index is 0.0672. The quantitative estimate of drug-likeness (QED) is 0.431. The number of aliphatic hydroxyl groups excluding tert-OH is 1. The van der Waals surface area contributed by atoms with Crippen LogP contribution in [0, 0.1) is 18.6 Å². The van der Waals surface area contributed by atoms with Crippen molar-refractivity contribution >= 4 is 17.2 Å². The summed E-state index contributed by atoms with van der Waals surface area (Å²) in [6, 6.07) is 10.6. The molecule has 3 rings (SSSR count). The minimum atomic E-state index is -0.987. The van der Waals surface area contributed by atoms with Gasteiger partial charge < -0.3 is 15.7 Å². The van der Waals surface area contributed by atoms with E-state index in [-0.39, 0.29) is 18.7 Å². The van der Waals surface area contributed by atoms with Crippen LogP contribution in [-0.4, -0.2) is 34.7 Å². The fourth-order valence-electron chi connectivity index (χ4n) is 3.44. The molecule has 0 fully saturated rings. The Labute approximate surface area is 190 Å². The molecule has 3 N–H and O–H groups in total. The van der Waals surface area contributed by atoms with Crippen molar-refractivity contribution in [2.45, 2.75) is 45.4 Å². The van der Waals surface area contributed by atoms with Crippen molar-refractivity contribution in [3.05, 3.63) is 86.9 Å². The predicted molar refractivity (Wildman–Crippen MR) is 122 cm³/mol. The number of benzene rings is 2. The molecule has 2 aromatic carbocycles. The van der Waals surface area contributed by atoms with Gasteiger partial charge in [-0.15, -0.1) is 11.3 Å². The monoisotopic (exact) mass is 459 g/mol. The summed E-state index contributed by atoms with van der Waals surface area (Å²) in [5.41, 5.74) is 2.90. The van der Waals surface area contributed by atoms with Crippen molar-refractivity contribution < 1.29 is 18.7 Å². The Morgan fingerprint density at radius 3 is 2.50 bits per heavy atom. The van der Waals surface area contributed by atoms with Gasteiger partial charge in [-0.1, -0.05) is 31.2 Å². The Morgan fingerprint density at radius 1 is 1.12 bits per heavy atom. The third-order valence-electron chi connectivity index (χ3n) is 5.09. The van der Waals surface area contributed by atoms with E-state index >= 15 is 0 Å². The molecule has 0 aliphatic rings. The Bertz CT molecular complexity index is 1040. The van der Waals surface area contributed by atoms with E-state index in [1.807, 2.05) is 12.1 Å². The van der Waals surface area contributed by atoms with Gasteiger partial charge >= 0.3 is 0 Å². The topological polar surface area (TPSA) is 74.2 Å². The van der Waals surface area contributed by atoms with E-state index in [2.05, 4.69) is 34.7 Å². The number of nitrogens with zero attached hydrogens (tertiary/aromatic N) is 1. The van der Waals surface area contributed by atoms with Crippen molar-refractivity contribution in [2.24, 2.45) is 0 Å². The Morgan fingerprint density at radius 2 is 1.84 bits per heavy atom. The number of hydrogen-bond acceptors (Lipinski definition) is 5. The molecule has 8 heteroatoms. The van der Waals surface area contributed by atoms with Crippen LogP contribution in [0.2, 0.25) is 0 Å². The van der Waals surface area contributed by atoms with Gasteiger partial charge in [-0.3, -0.25) is 4.79 Å². The standard InChI is InChI=1S/C24H27F2N3O2S/c1-3-16-5-4-6-17(7-16)12-27-13-23(30)21(10-18-8-19(25)11-20(26)9-18)29-24(31)22-14-32-15(2)28-22/h4-9,11,14,21,23,27,30H,3,10,12-13H2,1-2H3,(H,29,31)/t21-,23-/m0/s1. The molecule has 0 saturated carbocycles. The number of thiazole rings is 1. The van der Waals surface area contributed by atoms with E-state index in [1.165, 1.54) is 29.0 Å². The molecular formula is C24H27F2N3O2S. The molecule has 0 radical (unpaired) electrons. The number of aryl methyl sites for hydroxylation is 2. The number of hydrogen-bond donors (Lipinski definition) is 3. The first-order chi connectivity index (χ1) is 15.3. The summed E-state index contributed by atoms with van der Waals surface area (Å²) < 4.78 is 27.3. The van der Waals surface area contributed by atoms with Gasteiger partial charge in [-0.25, -0.2) is 13.8 Å². The maximum atomic E-state index is 13.7. The highest BCUT2D eigenvalue weighted by molar-refractivity contribution is 7.09. The van der Waals surface area contributed by atoms with Crippen LogP contribution in [0.5, 0.6) is 0 Å². The van der Waals surface area contributed by atoms with Crippen molar-refractivity contribution in [3.63, 3.8) is 0 Å². The molecule has 1 amide bonds. The van der Waals surface area contributed by atoms with Crippen LogP contribution in [0.25, 0.3) is 0 Å². The maximum absolute atomic E-state index is 13.7. The fraction of sp³-hybridized carbons (Fsp3) is 0.333. The molecular weight excluding hydrogens is 432 g/mol. The van der Waals surface area contributed by atoms with Gasteiger partial charge in [0.1, 0.15) is 17.3 Å². The molecule has 0 unspecified atom stereocenters. The van der Waals surface area contributed by atoms with E-state index in [0.717, 1.165) is 23.1 Å². The largest absolute Gasteiger partial charge is 0.390 e. The highest BCUT2D eigenvalue weighted by atomic mass is 32.1. The maximum Gasteiger partial charge on any atom is 0.271 e. The van der Waals surface area contributed by atoms with Crippen LogP contribution >= 0.6 is 11.3 Å². The van der Waals surface area contributed by atoms with E-state index < -0.39 is 29.7 Å². The first kappa shape index (κ1) is 24.0. The third kappa shape index (κ3) is 6.91. The Hall–Kier alpha value is -2.68. The molecule has 32 heavy (non-hydrogen) atoms. The second kappa shape index (κ2) is 11.3. The van der Waals surface area contributed by atoms with Crippen LogP contribution in [0.3, 0.4) is 0 Å². The van der Waals surface area contributed by atoms with Crippen LogP contribution in [0.1, 0.15) is 39.1 Å². The lowest BCUT2D eigenvalue weighted by Crippen LogP contribution is -2.48. The summed E-state index contributed by atoms with van der Waals surface area (Å²) in [4.78, 5) is 16.8. The zero-order chi connectivity index (χ0) is 23.1. The number of rotatable bonds is 10. The zero-order valence-corrected chi connectivity index (χ0v) is 18.9. The molecule has 1 heterocycles. The van der Waals surface area contributed by atoms with Crippen molar-refractivity contribution in [1.29, 1.82) is 0 Å². The molecule has 0 bridgehead atoms. The number of amides is 1. The van der Waals surface area contributed by atoms with Gasteiger partial charge in [-0.2, -0.15) is 0 Å². The number of carbonyl (C=O) groups excluding carboxylic acids is 1. The third-order valence-corrected chi connectivity index (χ3v) is 5.87.